The summed E-state index contributed by atoms with van der Waals surface area (Å²) in [5, 5.41) is 8.07. The molecule has 0 saturated carbocycles. The van der Waals surface area contributed by atoms with E-state index in [2.05, 4.69) is 51.8 Å². The van der Waals surface area contributed by atoms with E-state index in [1.807, 2.05) is 6.20 Å². The van der Waals surface area contributed by atoms with Gasteiger partial charge >= 0.3 is 0 Å². The van der Waals surface area contributed by atoms with Crippen LogP contribution in [0.25, 0.3) is 0 Å². The number of amides is 1. The van der Waals surface area contributed by atoms with E-state index in [1.165, 1.54) is 16.0 Å². The van der Waals surface area contributed by atoms with Crippen LogP contribution in [0.5, 0.6) is 0 Å². The molecule has 0 saturated heterocycles. The van der Waals surface area contributed by atoms with Gasteiger partial charge in [-0.2, -0.15) is 0 Å². The highest BCUT2D eigenvalue weighted by atomic mass is 32.1. The van der Waals surface area contributed by atoms with Crippen LogP contribution in [0.1, 0.15) is 34.4 Å². The molecule has 1 aliphatic rings. The SMILES string of the molecule is CCc1cnc(CCNC(=NCC(=O)N(C)C)NC2CCc3ccccc3C2)s1. The molecule has 6 nitrogen and oxygen atoms in total. The maximum Gasteiger partial charge on any atom is 0.243 e. The second-order valence-electron chi connectivity index (χ2n) is 7.56. The van der Waals surface area contributed by atoms with Crippen molar-refractivity contribution in [2.75, 3.05) is 27.2 Å². The van der Waals surface area contributed by atoms with Gasteiger partial charge in [0.1, 0.15) is 6.54 Å². The highest BCUT2D eigenvalue weighted by molar-refractivity contribution is 7.11. The Hall–Kier alpha value is -2.41. The molecule has 3 rings (SSSR count). The Balaban J connectivity index is 1.59. The zero-order valence-corrected chi connectivity index (χ0v) is 18.4. The van der Waals surface area contributed by atoms with E-state index < -0.39 is 0 Å². The first-order chi connectivity index (χ1) is 14.0. The highest BCUT2D eigenvalue weighted by Gasteiger charge is 2.19. The van der Waals surface area contributed by atoms with E-state index in [9.17, 15) is 4.79 Å². The fourth-order valence-electron chi connectivity index (χ4n) is 3.37. The molecule has 2 N–H and O–H groups in total. The van der Waals surface area contributed by atoms with Gasteiger partial charge in [0, 0.05) is 44.2 Å². The molecule has 156 valence electrons. The van der Waals surface area contributed by atoms with E-state index in [-0.39, 0.29) is 12.5 Å². The molecule has 1 heterocycles. The van der Waals surface area contributed by atoms with Crippen LogP contribution in [-0.4, -0.2) is 55.0 Å². The Morgan fingerprint density at radius 1 is 1.31 bits per heavy atom. The zero-order chi connectivity index (χ0) is 20.6. The number of guanidine groups is 1. The van der Waals surface area contributed by atoms with Gasteiger partial charge < -0.3 is 15.5 Å². The highest BCUT2D eigenvalue weighted by Crippen LogP contribution is 2.21. The first-order valence-electron chi connectivity index (χ1n) is 10.3. The summed E-state index contributed by atoms with van der Waals surface area (Å²) < 4.78 is 0. The van der Waals surface area contributed by atoms with E-state index >= 15 is 0 Å². The summed E-state index contributed by atoms with van der Waals surface area (Å²) in [5.41, 5.74) is 2.84. The molecule has 0 spiro atoms. The molecule has 1 atom stereocenters. The molecular weight excluding hydrogens is 382 g/mol. The van der Waals surface area contributed by atoms with Gasteiger partial charge in [-0.15, -0.1) is 11.3 Å². The van der Waals surface area contributed by atoms with Crippen LogP contribution in [-0.2, 0) is 30.5 Å². The normalized spacial score (nSPS) is 16.2. The van der Waals surface area contributed by atoms with E-state index in [0.29, 0.717) is 12.0 Å². The zero-order valence-electron chi connectivity index (χ0n) is 17.6. The van der Waals surface area contributed by atoms with Gasteiger partial charge in [-0.05, 0) is 36.8 Å². The number of aliphatic imine (C=N–C) groups is 1. The fraction of sp³-hybridized carbons (Fsp3) is 0.500. The largest absolute Gasteiger partial charge is 0.356 e. The first-order valence-corrected chi connectivity index (χ1v) is 11.1. The predicted molar refractivity (Wildman–Crippen MR) is 120 cm³/mol. The number of hydrogen-bond donors (Lipinski definition) is 2. The molecular formula is C22H31N5OS. The van der Waals surface area contributed by atoms with Crippen LogP contribution < -0.4 is 10.6 Å². The predicted octanol–water partition coefficient (Wildman–Crippen LogP) is 2.43. The Kier molecular flexibility index (Phi) is 7.63. The topological polar surface area (TPSA) is 69.6 Å². The summed E-state index contributed by atoms with van der Waals surface area (Å²) in [7, 11) is 3.51. The van der Waals surface area contributed by atoms with Crippen LogP contribution >= 0.6 is 11.3 Å². The lowest BCUT2D eigenvalue weighted by Crippen LogP contribution is -2.46. The van der Waals surface area contributed by atoms with E-state index in [4.69, 9.17) is 0 Å². The van der Waals surface area contributed by atoms with Crippen molar-refractivity contribution in [3.8, 4) is 0 Å². The third kappa shape index (κ3) is 6.29. The number of fused-ring (bicyclic) bond motifs is 1. The number of carbonyl (C=O) groups excluding carboxylic acids is 1. The summed E-state index contributed by atoms with van der Waals surface area (Å²) in [6, 6.07) is 8.94. The number of benzene rings is 1. The average molecular weight is 414 g/mol. The maximum absolute atomic E-state index is 12.0. The number of likely N-dealkylation sites (N-methyl/N-ethyl adjacent to an activating group) is 1. The van der Waals surface area contributed by atoms with Gasteiger partial charge in [-0.3, -0.25) is 4.79 Å². The molecule has 2 aromatic rings. The Labute approximate surface area is 177 Å². The molecule has 29 heavy (non-hydrogen) atoms. The second-order valence-corrected chi connectivity index (χ2v) is 8.76. The van der Waals surface area contributed by atoms with Crippen molar-refractivity contribution in [1.82, 2.24) is 20.5 Å². The summed E-state index contributed by atoms with van der Waals surface area (Å²) >= 11 is 1.76. The molecule has 1 aliphatic carbocycles. The molecule has 0 aliphatic heterocycles. The van der Waals surface area contributed by atoms with Crippen LogP contribution in [0.15, 0.2) is 35.5 Å². The number of nitrogens with one attached hydrogen (secondary N) is 2. The molecule has 1 unspecified atom stereocenters. The lowest BCUT2D eigenvalue weighted by atomic mass is 9.88. The quantitative estimate of drug-likeness (QED) is 0.540. The van der Waals surface area contributed by atoms with Crippen molar-refractivity contribution in [1.29, 1.82) is 0 Å². The van der Waals surface area contributed by atoms with Crippen molar-refractivity contribution in [3.63, 3.8) is 0 Å². The minimum Gasteiger partial charge on any atom is -0.356 e. The molecule has 1 amide bonds. The monoisotopic (exact) mass is 413 g/mol. The number of rotatable bonds is 7. The van der Waals surface area contributed by atoms with Crippen LogP contribution in [0.3, 0.4) is 0 Å². The van der Waals surface area contributed by atoms with Gasteiger partial charge in [0.25, 0.3) is 0 Å². The van der Waals surface area contributed by atoms with Crippen molar-refractivity contribution in [2.24, 2.45) is 4.99 Å². The molecule has 0 fully saturated rings. The number of carbonyl (C=O) groups is 1. The second kappa shape index (κ2) is 10.4. The smallest absolute Gasteiger partial charge is 0.243 e. The minimum absolute atomic E-state index is 0.00685. The van der Waals surface area contributed by atoms with Gasteiger partial charge in [-0.1, -0.05) is 31.2 Å². The Morgan fingerprint density at radius 3 is 2.83 bits per heavy atom. The summed E-state index contributed by atoms with van der Waals surface area (Å²) in [6.07, 6.45) is 6.94. The Bertz CT molecular complexity index is 845. The van der Waals surface area contributed by atoms with E-state index in [1.54, 1.807) is 30.3 Å². The number of aromatic nitrogens is 1. The van der Waals surface area contributed by atoms with Gasteiger partial charge in [0.15, 0.2) is 5.96 Å². The van der Waals surface area contributed by atoms with Crippen molar-refractivity contribution in [3.05, 3.63) is 51.5 Å². The van der Waals surface area contributed by atoms with Crippen molar-refractivity contribution < 1.29 is 4.79 Å². The lowest BCUT2D eigenvalue weighted by Gasteiger charge is -2.27. The summed E-state index contributed by atoms with van der Waals surface area (Å²) in [5.74, 6) is 0.699. The maximum atomic E-state index is 12.0. The molecule has 1 aromatic heterocycles. The third-order valence-electron chi connectivity index (χ3n) is 5.14. The van der Waals surface area contributed by atoms with Gasteiger partial charge in [0.05, 0.1) is 5.01 Å². The Morgan fingerprint density at radius 2 is 2.10 bits per heavy atom. The number of thiazole rings is 1. The van der Waals surface area contributed by atoms with Crippen LogP contribution in [0.2, 0.25) is 0 Å². The molecule has 1 aromatic carbocycles. The van der Waals surface area contributed by atoms with Crippen LogP contribution in [0.4, 0.5) is 0 Å². The average Bonchev–Trinajstić information content (AvgIpc) is 3.19. The number of hydrogen-bond acceptors (Lipinski definition) is 4. The van der Waals surface area contributed by atoms with E-state index in [0.717, 1.165) is 43.7 Å². The fourth-order valence-corrected chi connectivity index (χ4v) is 4.23. The first kappa shape index (κ1) is 21.3. The number of aryl methyl sites for hydroxylation is 2. The van der Waals surface area contributed by atoms with Gasteiger partial charge in [-0.25, -0.2) is 9.98 Å². The number of nitrogens with zero attached hydrogens (tertiary/aromatic N) is 3. The third-order valence-corrected chi connectivity index (χ3v) is 6.34. The van der Waals surface area contributed by atoms with Crippen molar-refractivity contribution >= 4 is 23.2 Å². The van der Waals surface area contributed by atoms with Gasteiger partial charge in [0.2, 0.25) is 5.91 Å². The van der Waals surface area contributed by atoms with Crippen molar-refractivity contribution in [2.45, 2.75) is 45.1 Å². The minimum atomic E-state index is -0.00685. The standard InChI is InChI=1S/C22H31N5OS/c1-4-19-14-24-20(29-19)11-12-23-22(25-15-21(28)27(2)3)26-18-10-9-16-7-5-6-8-17(16)13-18/h5-8,14,18H,4,9-13,15H2,1-3H3,(H2,23,25,26). The lowest BCUT2D eigenvalue weighted by molar-refractivity contribution is -0.127. The van der Waals surface area contributed by atoms with Crippen LogP contribution in [0, 0.1) is 0 Å². The molecule has 0 radical (unpaired) electrons. The summed E-state index contributed by atoms with van der Waals surface area (Å²) in [6.45, 7) is 3.03. The summed E-state index contributed by atoms with van der Waals surface area (Å²) in [4.78, 5) is 23.9. The molecule has 7 heteroatoms. The molecule has 0 bridgehead atoms.